The van der Waals surface area contributed by atoms with Gasteiger partial charge in [0.1, 0.15) is 22.6 Å². The van der Waals surface area contributed by atoms with Gasteiger partial charge in [-0.3, -0.25) is 4.40 Å². The van der Waals surface area contributed by atoms with Gasteiger partial charge >= 0.3 is 0 Å². The van der Waals surface area contributed by atoms with Gasteiger partial charge in [-0.2, -0.15) is 4.98 Å². The zero-order valence-electron chi connectivity index (χ0n) is 15.0. The highest BCUT2D eigenvalue weighted by Gasteiger charge is 2.19. The molecule has 0 aliphatic heterocycles. The predicted octanol–water partition coefficient (Wildman–Crippen LogP) is 5.26. The number of rotatable bonds is 4. The molecule has 0 saturated carbocycles. The van der Waals surface area contributed by atoms with Gasteiger partial charge in [0.25, 0.3) is 0 Å². The number of aromatic nitrogens is 4. The van der Waals surface area contributed by atoms with Crippen molar-refractivity contribution in [3.8, 4) is 17.5 Å². The molecule has 0 aliphatic carbocycles. The number of methoxy groups -OCH3 is 1. The van der Waals surface area contributed by atoms with Crippen LogP contribution in [0.15, 0.2) is 30.3 Å². The molecule has 0 fully saturated rings. The van der Waals surface area contributed by atoms with Crippen LogP contribution < -0.4 is 9.47 Å². The summed E-state index contributed by atoms with van der Waals surface area (Å²) in [7, 11) is 1.58. The van der Waals surface area contributed by atoms with E-state index in [9.17, 15) is 0 Å². The number of benzene rings is 1. The second kappa shape index (κ2) is 6.87. The number of ether oxygens (including phenoxy) is 2. The molecule has 27 heavy (non-hydrogen) atoms. The fourth-order valence-corrected chi connectivity index (χ4v) is 3.44. The van der Waals surface area contributed by atoms with Crippen LogP contribution in [0.1, 0.15) is 18.4 Å². The van der Waals surface area contributed by atoms with Crippen LogP contribution >= 0.6 is 23.2 Å². The maximum atomic E-state index is 6.27. The number of fused-ring (bicyclic) bond motifs is 3. The van der Waals surface area contributed by atoms with Gasteiger partial charge in [0.2, 0.25) is 11.8 Å². The van der Waals surface area contributed by atoms with Crippen LogP contribution in [0.25, 0.3) is 16.7 Å². The van der Waals surface area contributed by atoms with Crippen molar-refractivity contribution in [2.24, 2.45) is 0 Å². The van der Waals surface area contributed by atoms with Crippen molar-refractivity contribution in [1.29, 1.82) is 0 Å². The number of nitrogens with zero attached hydrogens (tertiary/aromatic N) is 4. The zero-order valence-corrected chi connectivity index (χ0v) is 16.5. The van der Waals surface area contributed by atoms with Gasteiger partial charge in [0.15, 0.2) is 5.65 Å². The Balaban J connectivity index is 2.00. The van der Waals surface area contributed by atoms with Crippen LogP contribution in [-0.4, -0.2) is 26.5 Å². The average Bonchev–Trinajstić information content (AvgIpc) is 3.01. The first kappa shape index (κ1) is 17.8. The lowest BCUT2D eigenvalue weighted by Crippen LogP contribution is -2.02. The van der Waals surface area contributed by atoms with Crippen molar-refractivity contribution < 1.29 is 9.47 Å². The molecule has 0 spiro atoms. The third-order valence-corrected chi connectivity index (χ3v) is 4.74. The molecule has 6 nitrogen and oxygen atoms in total. The first-order chi connectivity index (χ1) is 13.0. The maximum absolute atomic E-state index is 6.27. The molecule has 4 rings (SSSR count). The van der Waals surface area contributed by atoms with E-state index in [1.807, 2.05) is 24.3 Å². The molecule has 0 saturated heterocycles. The van der Waals surface area contributed by atoms with Crippen molar-refractivity contribution in [1.82, 2.24) is 19.4 Å². The molecule has 4 aromatic rings. The van der Waals surface area contributed by atoms with Crippen molar-refractivity contribution in [3.63, 3.8) is 0 Å². The van der Waals surface area contributed by atoms with Gasteiger partial charge in [0.05, 0.1) is 17.8 Å². The van der Waals surface area contributed by atoms with E-state index in [-0.39, 0.29) is 0 Å². The average molecular weight is 403 g/mol. The van der Waals surface area contributed by atoms with Gasteiger partial charge in [-0.1, -0.05) is 30.1 Å². The Morgan fingerprint density at radius 1 is 1.07 bits per heavy atom. The topological polar surface area (TPSA) is 61.5 Å². The van der Waals surface area contributed by atoms with Crippen LogP contribution in [-0.2, 0) is 6.42 Å². The number of aryl methyl sites for hydroxylation is 2. The molecule has 3 aromatic heterocycles. The molecule has 0 unspecified atom stereocenters. The number of hydrogen-bond acceptors (Lipinski definition) is 5. The SMILES string of the molecule is CCc1nc(C)c2c(Oc3ccc(Cl)cc3Cl)nc3ccc(OC)nc3n12. The first-order valence-electron chi connectivity index (χ1n) is 8.37. The van der Waals surface area contributed by atoms with Gasteiger partial charge < -0.3 is 9.47 Å². The standard InChI is InChI=1S/C19H16Cl2N4O2/c1-4-15-22-10(2)17-19(27-14-7-5-11(20)9-12(14)21)23-13-6-8-16(26-3)24-18(13)25(15)17/h5-9H,4H2,1-3H3. The molecular weight excluding hydrogens is 387 g/mol. The van der Waals surface area contributed by atoms with Crippen LogP contribution in [0.2, 0.25) is 10.0 Å². The number of hydrogen-bond donors (Lipinski definition) is 0. The van der Waals surface area contributed by atoms with Crippen molar-refractivity contribution in [2.75, 3.05) is 7.11 Å². The lowest BCUT2D eigenvalue weighted by molar-refractivity contribution is 0.399. The van der Waals surface area contributed by atoms with Crippen LogP contribution in [0, 0.1) is 6.92 Å². The summed E-state index contributed by atoms with van der Waals surface area (Å²) in [5.41, 5.74) is 2.86. The van der Waals surface area contributed by atoms with Gasteiger partial charge in [-0.25, -0.2) is 9.97 Å². The Morgan fingerprint density at radius 3 is 2.59 bits per heavy atom. The molecule has 0 radical (unpaired) electrons. The molecule has 0 aliphatic rings. The summed E-state index contributed by atoms with van der Waals surface area (Å²) in [5, 5.41) is 0.942. The van der Waals surface area contributed by atoms with Crippen molar-refractivity contribution in [3.05, 3.63) is 51.9 Å². The number of imidazole rings is 1. The molecule has 8 heteroatoms. The Morgan fingerprint density at radius 2 is 1.89 bits per heavy atom. The van der Waals surface area contributed by atoms with E-state index in [1.54, 1.807) is 31.4 Å². The van der Waals surface area contributed by atoms with Crippen LogP contribution in [0.4, 0.5) is 0 Å². The fourth-order valence-electron chi connectivity index (χ4n) is 2.99. The summed E-state index contributed by atoms with van der Waals surface area (Å²) in [6.07, 6.45) is 0.730. The third-order valence-electron chi connectivity index (χ3n) is 4.21. The van der Waals surface area contributed by atoms with E-state index in [0.29, 0.717) is 38.7 Å². The first-order valence-corrected chi connectivity index (χ1v) is 9.13. The lowest BCUT2D eigenvalue weighted by atomic mass is 10.3. The quantitative estimate of drug-likeness (QED) is 0.465. The Bertz CT molecular complexity index is 1170. The lowest BCUT2D eigenvalue weighted by Gasteiger charge is -2.12. The highest BCUT2D eigenvalue weighted by molar-refractivity contribution is 6.35. The van der Waals surface area contributed by atoms with Crippen molar-refractivity contribution >= 4 is 39.9 Å². The monoisotopic (exact) mass is 402 g/mol. The minimum atomic E-state index is 0.406. The van der Waals surface area contributed by atoms with E-state index < -0.39 is 0 Å². The third kappa shape index (κ3) is 3.05. The molecule has 1 aromatic carbocycles. The summed E-state index contributed by atoms with van der Waals surface area (Å²) < 4.78 is 13.3. The van der Waals surface area contributed by atoms with Gasteiger partial charge in [0, 0.05) is 17.5 Å². The Kier molecular flexibility index (Phi) is 4.53. The van der Waals surface area contributed by atoms with Crippen LogP contribution in [0.5, 0.6) is 17.5 Å². The molecule has 0 bridgehead atoms. The normalized spacial score (nSPS) is 11.3. The largest absolute Gasteiger partial charge is 0.481 e. The molecule has 0 atom stereocenters. The minimum Gasteiger partial charge on any atom is -0.481 e. The van der Waals surface area contributed by atoms with E-state index in [1.165, 1.54) is 0 Å². The summed E-state index contributed by atoms with van der Waals surface area (Å²) in [4.78, 5) is 13.9. The maximum Gasteiger partial charge on any atom is 0.246 e. The van der Waals surface area contributed by atoms with Crippen LogP contribution in [0.3, 0.4) is 0 Å². The van der Waals surface area contributed by atoms with E-state index in [0.717, 1.165) is 23.5 Å². The van der Waals surface area contributed by atoms with Crippen molar-refractivity contribution in [2.45, 2.75) is 20.3 Å². The molecule has 0 N–H and O–H groups in total. The highest BCUT2D eigenvalue weighted by Crippen LogP contribution is 2.35. The summed E-state index contributed by atoms with van der Waals surface area (Å²) in [6.45, 7) is 3.95. The molecule has 138 valence electrons. The Hall–Kier alpha value is -2.57. The summed E-state index contributed by atoms with van der Waals surface area (Å²) >= 11 is 12.3. The number of pyridine rings is 1. The molecular formula is C19H16Cl2N4O2. The molecule has 0 amide bonds. The smallest absolute Gasteiger partial charge is 0.246 e. The predicted molar refractivity (Wildman–Crippen MR) is 105 cm³/mol. The molecule has 3 heterocycles. The fraction of sp³-hybridized carbons (Fsp3) is 0.211. The highest BCUT2D eigenvalue weighted by atomic mass is 35.5. The van der Waals surface area contributed by atoms with E-state index in [2.05, 4.69) is 15.0 Å². The van der Waals surface area contributed by atoms with Gasteiger partial charge in [-0.05, 0) is 31.2 Å². The second-order valence-electron chi connectivity index (χ2n) is 5.94. The van der Waals surface area contributed by atoms with E-state index >= 15 is 0 Å². The van der Waals surface area contributed by atoms with E-state index in [4.69, 9.17) is 32.7 Å². The number of halogens is 2. The second-order valence-corrected chi connectivity index (χ2v) is 6.78. The summed E-state index contributed by atoms with van der Waals surface area (Å²) in [5.74, 6) is 2.24. The summed E-state index contributed by atoms with van der Waals surface area (Å²) in [6, 6.07) is 8.66. The zero-order chi connectivity index (χ0) is 19.1. The minimum absolute atomic E-state index is 0.406. The Labute approximate surface area is 165 Å². The van der Waals surface area contributed by atoms with Gasteiger partial charge in [-0.15, -0.1) is 0 Å².